The Morgan fingerprint density at radius 3 is 2.44 bits per heavy atom. The van der Waals surface area contributed by atoms with Gasteiger partial charge < -0.3 is 0 Å². The number of nitrogens with zero attached hydrogens (tertiary/aromatic N) is 3. The molecule has 1 unspecified atom stereocenters. The number of hydrogen-bond donors (Lipinski definition) is 0. The molecular formula is C10H24N3O2P. The van der Waals surface area contributed by atoms with Crippen LogP contribution in [0.25, 0.3) is 0 Å². The normalized spacial score (nSPS) is 25.6. The van der Waals surface area contributed by atoms with Gasteiger partial charge in [-0.25, -0.2) is 0 Å². The van der Waals surface area contributed by atoms with Gasteiger partial charge in [0.15, 0.2) is 0 Å². The predicted molar refractivity (Wildman–Crippen MR) is 67.9 cm³/mol. The van der Waals surface area contributed by atoms with Crippen molar-refractivity contribution >= 4 is 6.90 Å². The molecule has 0 saturated heterocycles. The summed E-state index contributed by atoms with van der Waals surface area (Å²) in [6.07, 6.45) is 1.19. The first-order valence-electron chi connectivity index (χ1n) is 5.75. The molecule has 0 radical (unpaired) electrons. The average Bonchev–Trinajstić information content (AvgIpc) is 2.15. The molecule has 0 aromatic heterocycles. The Kier molecular flexibility index (Phi) is 4.27. The van der Waals surface area contributed by atoms with E-state index >= 15 is 0 Å². The molecule has 1 aliphatic rings. The molecule has 0 spiro atoms. The second-order valence-electron chi connectivity index (χ2n) is 5.27. The summed E-state index contributed by atoms with van der Waals surface area (Å²) < 4.78 is 13.0. The molecule has 0 bridgehead atoms. The van der Waals surface area contributed by atoms with Crippen LogP contribution in [0.3, 0.4) is 0 Å². The molecule has 1 atom stereocenters. The molecule has 0 aromatic carbocycles. The number of rotatable bonds is 7. The zero-order chi connectivity index (χ0) is 12.3. The van der Waals surface area contributed by atoms with Crippen LogP contribution >= 0.6 is 6.90 Å². The Balaban J connectivity index is 2.12. The molecule has 0 saturated carbocycles. The molecule has 96 valence electrons. The molecule has 0 N–H and O–H groups in total. The molecule has 5 nitrogen and oxygen atoms in total. The van der Waals surface area contributed by atoms with Crippen LogP contribution in [0.2, 0.25) is 0 Å². The van der Waals surface area contributed by atoms with Gasteiger partial charge in [-0.3, -0.25) is 0 Å². The van der Waals surface area contributed by atoms with Gasteiger partial charge in [0.05, 0.1) is 0 Å². The van der Waals surface area contributed by atoms with E-state index in [1.165, 1.54) is 0 Å². The van der Waals surface area contributed by atoms with E-state index in [0.29, 0.717) is 13.3 Å². The molecule has 0 amide bonds. The third-order valence-electron chi connectivity index (χ3n) is 2.57. The van der Waals surface area contributed by atoms with Crippen molar-refractivity contribution in [3.8, 4) is 0 Å². The van der Waals surface area contributed by atoms with Gasteiger partial charge in [-0.15, -0.1) is 0 Å². The van der Waals surface area contributed by atoms with E-state index in [-0.39, 0.29) is 6.10 Å². The summed E-state index contributed by atoms with van der Waals surface area (Å²) in [5.41, 5.74) is 0. The van der Waals surface area contributed by atoms with Crippen molar-refractivity contribution < 1.29 is 9.47 Å². The molecule has 0 fully saturated rings. The van der Waals surface area contributed by atoms with Gasteiger partial charge in [0, 0.05) is 0 Å². The van der Waals surface area contributed by atoms with E-state index in [0.717, 1.165) is 13.0 Å². The maximum atomic E-state index is 5.58. The van der Waals surface area contributed by atoms with Crippen LogP contribution in [0.4, 0.5) is 0 Å². The van der Waals surface area contributed by atoms with Crippen LogP contribution in [-0.4, -0.2) is 50.8 Å². The van der Waals surface area contributed by atoms with E-state index in [1.807, 2.05) is 11.7 Å². The molecule has 1 rings (SSSR count). The predicted octanol–water partition coefficient (Wildman–Crippen LogP) is 2.73. The van der Waals surface area contributed by atoms with Crippen molar-refractivity contribution in [2.45, 2.75) is 26.4 Å². The van der Waals surface area contributed by atoms with Crippen LogP contribution in [-0.2, 0) is 9.47 Å². The Morgan fingerprint density at radius 2 is 2.00 bits per heavy atom. The molecule has 1 aliphatic heterocycles. The second-order valence-corrected chi connectivity index (χ2v) is 11.2. The zero-order valence-electron chi connectivity index (χ0n) is 11.0. The number of ether oxygens (including phenoxy) is 2. The van der Waals surface area contributed by atoms with E-state index in [2.05, 4.69) is 37.0 Å². The fraction of sp³-hybridized carbons (Fsp3) is 1.00. The maximum absolute atomic E-state index is 5.58. The summed E-state index contributed by atoms with van der Waals surface area (Å²) in [7, 11) is 0. The van der Waals surface area contributed by atoms with Crippen LogP contribution in [0.1, 0.15) is 20.3 Å². The Morgan fingerprint density at radius 1 is 1.31 bits per heavy atom. The van der Waals surface area contributed by atoms with Gasteiger partial charge in [-0.2, -0.15) is 0 Å². The quantitative estimate of drug-likeness (QED) is 0.515. The molecule has 16 heavy (non-hydrogen) atoms. The molecule has 6 heteroatoms. The van der Waals surface area contributed by atoms with Crippen molar-refractivity contribution in [2.24, 2.45) is 10.1 Å². The van der Waals surface area contributed by atoms with Crippen LogP contribution in [0, 0.1) is 0 Å². The van der Waals surface area contributed by atoms with Gasteiger partial charge in [-0.1, -0.05) is 0 Å². The third kappa shape index (κ3) is 3.65. The fourth-order valence-electron chi connectivity index (χ4n) is 1.32. The number of hydrogen-bond acceptors (Lipinski definition) is 5. The summed E-state index contributed by atoms with van der Waals surface area (Å²) in [5, 5.41) is 4.01. The average molecular weight is 249 g/mol. The first-order chi connectivity index (χ1) is 7.33. The SMILES string of the molecule is CCOC(C)CCOCN1N=NP1(C)(C)C. The van der Waals surface area contributed by atoms with Gasteiger partial charge in [0.2, 0.25) is 0 Å². The third-order valence-corrected chi connectivity index (χ3v) is 5.06. The minimum absolute atomic E-state index is 0.267. The molecule has 0 aliphatic carbocycles. The Labute approximate surface area is 98.2 Å². The van der Waals surface area contributed by atoms with E-state index in [1.54, 1.807) is 0 Å². The topological polar surface area (TPSA) is 46.4 Å². The van der Waals surface area contributed by atoms with Crippen molar-refractivity contribution in [3.63, 3.8) is 0 Å². The first-order valence-corrected chi connectivity index (χ1v) is 9.24. The zero-order valence-corrected chi connectivity index (χ0v) is 11.9. The van der Waals surface area contributed by atoms with E-state index in [9.17, 15) is 0 Å². The van der Waals surface area contributed by atoms with Crippen LogP contribution in [0.5, 0.6) is 0 Å². The molecule has 0 aromatic rings. The van der Waals surface area contributed by atoms with Gasteiger partial charge >= 0.3 is 97.6 Å². The van der Waals surface area contributed by atoms with Crippen LogP contribution < -0.4 is 0 Å². The summed E-state index contributed by atoms with van der Waals surface area (Å²) in [4.78, 5) is 4.23. The van der Waals surface area contributed by atoms with Crippen molar-refractivity contribution in [1.29, 1.82) is 0 Å². The van der Waals surface area contributed by atoms with Crippen molar-refractivity contribution in [2.75, 3.05) is 39.9 Å². The summed E-state index contributed by atoms with van der Waals surface area (Å²) in [6, 6.07) is 0. The molecule has 1 heterocycles. The van der Waals surface area contributed by atoms with Crippen LogP contribution in [0.15, 0.2) is 10.1 Å². The summed E-state index contributed by atoms with van der Waals surface area (Å²) in [5.74, 6) is 0. The Bertz CT molecular complexity index is 263. The van der Waals surface area contributed by atoms with Gasteiger partial charge in [0.1, 0.15) is 0 Å². The monoisotopic (exact) mass is 249 g/mol. The molecular weight excluding hydrogens is 225 g/mol. The minimum atomic E-state index is -2.00. The Hall–Kier alpha value is -0.250. The summed E-state index contributed by atoms with van der Waals surface area (Å²) in [6.45, 7) is 10.6. The summed E-state index contributed by atoms with van der Waals surface area (Å²) >= 11 is 0. The van der Waals surface area contributed by atoms with Crippen molar-refractivity contribution in [1.82, 2.24) is 4.78 Å². The van der Waals surface area contributed by atoms with Gasteiger partial charge in [-0.05, 0) is 0 Å². The second kappa shape index (κ2) is 4.94. The first kappa shape index (κ1) is 13.8. The van der Waals surface area contributed by atoms with E-state index in [4.69, 9.17) is 9.47 Å². The fourth-order valence-corrected chi connectivity index (χ4v) is 2.48. The van der Waals surface area contributed by atoms with Crippen molar-refractivity contribution in [3.05, 3.63) is 0 Å². The van der Waals surface area contributed by atoms with E-state index < -0.39 is 6.90 Å². The van der Waals surface area contributed by atoms with Gasteiger partial charge in [0.25, 0.3) is 0 Å². The standard InChI is InChI=1S/C10H24N3O2P/c1-6-15-10(2)7-8-14-9-13-11-12-16(13,3,4)5/h10H,6-9H2,1-5H3.